The highest BCUT2D eigenvalue weighted by molar-refractivity contribution is 6.42. The van der Waals surface area contributed by atoms with Crippen molar-refractivity contribution in [1.82, 2.24) is 19.9 Å². The summed E-state index contributed by atoms with van der Waals surface area (Å²) in [6.45, 7) is 2.06. The number of furan rings is 1. The molecule has 4 aromatic rings. The summed E-state index contributed by atoms with van der Waals surface area (Å²) >= 11 is 12.1. The van der Waals surface area contributed by atoms with Gasteiger partial charge in [-0.3, -0.25) is 14.7 Å². The van der Waals surface area contributed by atoms with Crippen LogP contribution in [0.25, 0.3) is 22.8 Å². The van der Waals surface area contributed by atoms with Gasteiger partial charge in [0.2, 0.25) is 0 Å². The molecule has 0 atom stereocenters. The summed E-state index contributed by atoms with van der Waals surface area (Å²) < 4.78 is 5.36. The zero-order chi connectivity index (χ0) is 21.4. The number of H-pyrrole nitrogens is 1. The van der Waals surface area contributed by atoms with Crippen molar-refractivity contribution in [2.45, 2.75) is 19.5 Å². The van der Waals surface area contributed by atoms with E-state index >= 15 is 0 Å². The monoisotopic (exact) mass is 452 g/mol. The predicted molar refractivity (Wildman–Crippen MR) is 120 cm³/mol. The lowest BCUT2D eigenvalue weighted by atomic mass is 10.1. The molecular weight excluding hydrogens is 435 g/mol. The van der Waals surface area contributed by atoms with E-state index in [9.17, 15) is 4.79 Å². The number of nitrogens with one attached hydrogen (secondary N) is 1. The van der Waals surface area contributed by atoms with E-state index in [0.29, 0.717) is 46.7 Å². The Morgan fingerprint density at radius 3 is 2.77 bits per heavy atom. The van der Waals surface area contributed by atoms with E-state index in [1.807, 2.05) is 30.5 Å². The molecule has 0 bridgehead atoms. The Morgan fingerprint density at radius 2 is 2.03 bits per heavy atom. The van der Waals surface area contributed by atoms with Crippen LogP contribution >= 0.6 is 23.2 Å². The predicted octanol–water partition coefficient (Wildman–Crippen LogP) is 4.96. The Bertz CT molecular complexity index is 1280. The number of aromatic nitrogens is 3. The topological polar surface area (TPSA) is 75.0 Å². The number of hydrogen-bond donors (Lipinski definition) is 1. The van der Waals surface area contributed by atoms with Crippen molar-refractivity contribution < 1.29 is 4.42 Å². The van der Waals surface area contributed by atoms with Crippen molar-refractivity contribution in [1.29, 1.82) is 0 Å². The molecule has 0 fully saturated rings. The van der Waals surface area contributed by atoms with Crippen molar-refractivity contribution in [3.63, 3.8) is 0 Å². The number of fused-ring (bicyclic) bond motifs is 1. The number of aromatic amines is 1. The number of pyridine rings is 1. The van der Waals surface area contributed by atoms with Crippen LogP contribution in [0.1, 0.15) is 16.8 Å². The van der Waals surface area contributed by atoms with Crippen LogP contribution in [0.3, 0.4) is 0 Å². The third-order valence-corrected chi connectivity index (χ3v) is 6.09. The molecule has 0 spiro atoms. The van der Waals surface area contributed by atoms with Gasteiger partial charge in [-0.05, 0) is 35.9 Å². The van der Waals surface area contributed by atoms with Crippen LogP contribution in [0.2, 0.25) is 10.0 Å². The maximum atomic E-state index is 12.6. The molecule has 0 aliphatic carbocycles. The maximum absolute atomic E-state index is 12.6. The van der Waals surface area contributed by atoms with E-state index in [0.717, 1.165) is 29.1 Å². The Labute approximate surface area is 188 Å². The third-order valence-electron chi connectivity index (χ3n) is 5.35. The van der Waals surface area contributed by atoms with Crippen LogP contribution in [-0.2, 0) is 19.5 Å². The Hall–Kier alpha value is -2.93. The van der Waals surface area contributed by atoms with E-state index < -0.39 is 0 Å². The van der Waals surface area contributed by atoms with Gasteiger partial charge in [-0.2, -0.15) is 0 Å². The Balaban J connectivity index is 1.31. The molecule has 1 N–H and O–H groups in total. The van der Waals surface area contributed by atoms with Crippen molar-refractivity contribution in [2.24, 2.45) is 0 Å². The van der Waals surface area contributed by atoms with Crippen molar-refractivity contribution in [3.05, 3.63) is 92.1 Å². The molecule has 0 radical (unpaired) electrons. The summed E-state index contributed by atoms with van der Waals surface area (Å²) in [6, 6.07) is 13.0. The molecule has 31 heavy (non-hydrogen) atoms. The molecule has 1 aliphatic heterocycles. The second-order valence-electron chi connectivity index (χ2n) is 7.46. The molecule has 6 nitrogen and oxygen atoms in total. The standard InChI is InChI=1S/C23H18Cl2N4O2/c24-17-5-4-15(10-18(17)25)19-6-3-14(11-26-19)12-29-8-7-20-16(13-29)23(30)28-22(27-20)21-2-1-9-31-21/h1-6,9-11H,7-8,12-13H2,(H,27,28,30). The fourth-order valence-electron chi connectivity index (χ4n) is 3.75. The van der Waals surface area contributed by atoms with Gasteiger partial charge in [0.15, 0.2) is 11.6 Å². The minimum absolute atomic E-state index is 0.116. The summed E-state index contributed by atoms with van der Waals surface area (Å²) in [6.07, 6.45) is 4.13. The lowest BCUT2D eigenvalue weighted by Crippen LogP contribution is -2.35. The molecule has 156 valence electrons. The largest absolute Gasteiger partial charge is 0.461 e. The normalized spacial score (nSPS) is 13.9. The quantitative estimate of drug-likeness (QED) is 0.473. The van der Waals surface area contributed by atoms with Crippen LogP contribution in [0.4, 0.5) is 0 Å². The first-order chi connectivity index (χ1) is 15.1. The first-order valence-electron chi connectivity index (χ1n) is 9.85. The van der Waals surface area contributed by atoms with Gasteiger partial charge in [0.25, 0.3) is 5.56 Å². The zero-order valence-corrected chi connectivity index (χ0v) is 18.0. The minimum atomic E-state index is -0.116. The fraction of sp³-hybridized carbons (Fsp3) is 0.174. The van der Waals surface area contributed by atoms with Gasteiger partial charge in [0.1, 0.15) is 0 Å². The van der Waals surface area contributed by atoms with Crippen LogP contribution < -0.4 is 5.56 Å². The molecule has 0 unspecified atom stereocenters. The molecular formula is C23H18Cl2N4O2. The molecule has 4 heterocycles. The highest BCUT2D eigenvalue weighted by Crippen LogP contribution is 2.28. The Morgan fingerprint density at radius 1 is 1.13 bits per heavy atom. The average molecular weight is 453 g/mol. The minimum Gasteiger partial charge on any atom is -0.461 e. The van der Waals surface area contributed by atoms with E-state index in [-0.39, 0.29) is 5.56 Å². The molecule has 0 amide bonds. The van der Waals surface area contributed by atoms with E-state index in [1.165, 1.54) is 0 Å². The van der Waals surface area contributed by atoms with Crippen molar-refractivity contribution in [3.8, 4) is 22.8 Å². The van der Waals surface area contributed by atoms with Crippen LogP contribution in [-0.4, -0.2) is 26.4 Å². The number of nitrogens with zero attached hydrogens (tertiary/aromatic N) is 3. The number of benzene rings is 1. The van der Waals surface area contributed by atoms with Gasteiger partial charge in [0.05, 0.1) is 33.3 Å². The Kier molecular flexibility index (Phi) is 5.36. The van der Waals surface area contributed by atoms with Gasteiger partial charge in [0, 0.05) is 37.8 Å². The maximum Gasteiger partial charge on any atom is 0.256 e. The summed E-state index contributed by atoms with van der Waals surface area (Å²) in [5.74, 6) is 1.04. The number of hydrogen-bond acceptors (Lipinski definition) is 5. The molecule has 8 heteroatoms. The van der Waals surface area contributed by atoms with Gasteiger partial charge in [-0.15, -0.1) is 0 Å². The second-order valence-corrected chi connectivity index (χ2v) is 8.27. The third kappa shape index (κ3) is 4.14. The summed E-state index contributed by atoms with van der Waals surface area (Å²) in [5, 5.41) is 1.03. The molecule has 5 rings (SSSR count). The second kappa shape index (κ2) is 8.30. The SMILES string of the molecule is O=c1[nH]c(-c2ccco2)nc2c1CN(Cc1ccc(-c3ccc(Cl)c(Cl)c3)nc1)CC2. The van der Waals surface area contributed by atoms with Crippen molar-refractivity contribution >= 4 is 23.2 Å². The number of halogens is 2. The van der Waals surface area contributed by atoms with Gasteiger partial charge in [-0.25, -0.2) is 4.98 Å². The first-order valence-corrected chi connectivity index (χ1v) is 10.6. The molecule has 3 aromatic heterocycles. The van der Waals surface area contributed by atoms with Crippen LogP contribution in [0.15, 0.2) is 64.1 Å². The van der Waals surface area contributed by atoms with Crippen molar-refractivity contribution in [2.75, 3.05) is 6.54 Å². The van der Waals surface area contributed by atoms with Crippen LogP contribution in [0, 0.1) is 0 Å². The zero-order valence-electron chi connectivity index (χ0n) is 16.4. The number of rotatable bonds is 4. The van der Waals surface area contributed by atoms with Gasteiger partial charge >= 0.3 is 0 Å². The summed E-state index contributed by atoms with van der Waals surface area (Å²) in [5.41, 5.74) is 4.25. The molecule has 1 aromatic carbocycles. The molecule has 0 saturated carbocycles. The summed E-state index contributed by atoms with van der Waals surface area (Å²) in [4.78, 5) is 26.9. The average Bonchev–Trinajstić information content (AvgIpc) is 3.32. The van der Waals surface area contributed by atoms with E-state index in [2.05, 4.69) is 19.9 Å². The summed E-state index contributed by atoms with van der Waals surface area (Å²) in [7, 11) is 0. The fourth-order valence-corrected chi connectivity index (χ4v) is 4.05. The molecule has 1 aliphatic rings. The lowest BCUT2D eigenvalue weighted by molar-refractivity contribution is 0.241. The lowest BCUT2D eigenvalue weighted by Gasteiger charge is -2.27. The van der Waals surface area contributed by atoms with E-state index in [4.69, 9.17) is 27.6 Å². The molecule has 0 saturated heterocycles. The van der Waals surface area contributed by atoms with Gasteiger partial charge < -0.3 is 9.40 Å². The highest BCUT2D eigenvalue weighted by Gasteiger charge is 2.22. The first kappa shape index (κ1) is 20.0. The smallest absolute Gasteiger partial charge is 0.256 e. The highest BCUT2D eigenvalue weighted by atomic mass is 35.5. The van der Waals surface area contributed by atoms with Gasteiger partial charge in [-0.1, -0.05) is 35.3 Å². The van der Waals surface area contributed by atoms with Crippen LogP contribution in [0.5, 0.6) is 0 Å². The van der Waals surface area contributed by atoms with E-state index in [1.54, 1.807) is 24.5 Å².